The van der Waals surface area contributed by atoms with Crippen LogP contribution in [0.4, 0.5) is 0 Å². The van der Waals surface area contributed by atoms with Gasteiger partial charge < -0.3 is 9.84 Å². The van der Waals surface area contributed by atoms with Gasteiger partial charge in [-0.2, -0.15) is 4.31 Å². The van der Waals surface area contributed by atoms with Crippen molar-refractivity contribution in [3.8, 4) is 17.6 Å². The Morgan fingerprint density at radius 1 is 1.39 bits per heavy atom. The van der Waals surface area contributed by atoms with E-state index in [1.54, 1.807) is 19.1 Å². The molecule has 1 heterocycles. The standard InChI is InChI=1S/C21H32N2O6S2/c1-6-7-8-9-18-10-11-21-19(12-18)29-20(14-22(4)30(5,25)26)16(2)13-23(17(3)15-24)31(21,27)28/h10-12,16-17,20,24H,6-7,13-15H2,1-5H3/t16-,17+,20-/m1/s1. The minimum atomic E-state index is -3.94. The van der Waals surface area contributed by atoms with E-state index in [1.165, 1.54) is 21.7 Å². The van der Waals surface area contributed by atoms with Crippen LogP contribution in [0.25, 0.3) is 0 Å². The number of aliphatic hydroxyl groups excluding tert-OH is 1. The third-order valence-corrected chi connectivity index (χ3v) is 8.58. The van der Waals surface area contributed by atoms with E-state index in [1.807, 2.05) is 13.8 Å². The lowest BCUT2D eigenvalue weighted by Gasteiger charge is -2.37. The molecule has 3 atom stereocenters. The molecule has 1 aliphatic heterocycles. The molecule has 0 saturated heterocycles. The summed E-state index contributed by atoms with van der Waals surface area (Å²) in [4.78, 5) is -0.0206. The fraction of sp³-hybridized carbons (Fsp3) is 0.619. The number of nitrogens with zero attached hydrogens (tertiary/aromatic N) is 2. The molecule has 8 nitrogen and oxygen atoms in total. The quantitative estimate of drug-likeness (QED) is 0.629. The van der Waals surface area contributed by atoms with E-state index in [4.69, 9.17) is 4.74 Å². The van der Waals surface area contributed by atoms with Crippen LogP contribution in [0.1, 0.15) is 39.2 Å². The molecule has 0 unspecified atom stereocenters. The van der Waals surface area contributed by atoms with Crippen molar-refractivity contribution in [3.63, 3.8) is 0 Å². The number of ether oxygens (including phenoxy) is 1. The van der Waals surface area contributed by atoms with Crippen molar-refractivity contribution in [2.75, 3.05) is 33.0 Å². The second-order valence-corrected chi connectivity index (χ2v) is 11.9. The van der Waals surface area contributed by atoms with Gasteiger partial charge in [-0.15, -0.1) is 0 Å². The summed E-state index contributed by atoms with van der Waals surface area (Å²) >= 11 is 0. The fourth-order valence-electron chi connectivity index (χ4n) is 3.20. The SMILES string of the molecule is CCCC#Cc1ccc2c(c1)O[C@H](CN(C)S(C)(=O)=O)[C@H](C)CN([C@@H](C)CO)S2(=O)=O. The predicted molar refractivity (Wildman–Crippen MR) is 120 cm³/mol. The first kappa shape index (κ1) is 25.6. The van der Waals surface area contributed by atoms with Crippen LogP contribution in [-0.2, 0) is 20.0 Å². The third-order valence-electron chi connectivity index (χ3n) is 5.28. The summed E-state index contributed by atoms with van der Waals surface area (Å²) in [5.41, 5.74) is 0.618. The summed E-state index contributed by atoms with van der Waals surface area (Å²) in [7, 11) is -5.93. The van der Waals surface area contributed by atoms with Crippen molar-refractivity contribution in [1.29, 1.82) is 0 Å². The van der Waals surface area contributed by atoms with E-state index >= 15 is 0 Å². The lowest BCUT2D eigenvalue weighted by Crippen LogP contribution is -2.50. The number of sulfonamides is 2. The van der Waals surface area contributed by atoms with Crippen molar-refractivity contribution in [2.45, 2.75) is 50.7 Å². The lowest BCUT2D eigenvalue weighted by atomic mass is 10.0. The Bertz CT molecular complexity index is 1040. The van der Waals surface area contributed by atoms with Gasteiger partial charge in [0.1, 0.15) is 16.7 Å². The molecule has 0 saturated carbocycles. The smallest absolute Gasteiger partial charge is 0.247 e. The third kappa shape index (κ3) is 6.20. The Hall–Kier alpha value is -1.64. The van der Waals surface area contributed by atoms with E-state index < -0.39 is 32.2 Å². The molecule has 0 radical (unpaired) electrons. The molecule has 2 rings (SSSR count). The highest BCUT2D eigenvalue weighted by Gasteiger charge is 2.38. The highest BCUT2D eigenvalue weighted by Crippen LogP contribution is 2.34. The molecule has 1 N–H and O–H groups in total. The summed E-state index contributed by atoms with van der Waals surface area (Å²) in [6.45, 7) is 5.27. The van der Waals surface area contributed by atoms with Crippen molar-refractivity contribution < 1.29 is 26.7 Å². The molecule has 1 aromatic rings. The average Bonchev–Trinajstić information content (AvgIpc) is 2.69. The molecular formula is C21H32N2O6S2. The Labute approximate surface area is 186 Å². The largest absolute Gasteiger partial charge is 0.487 e. The molecule has 174 valence electrons. The second-order valence-electron chi connectivity index (χ2n) is 8.00. The number of likely N-dealkylation sites (N-methyl/N-ethyl adjacent to an activating group) is 1. The topological polar surface area (TPSA) is 104 Å². The van der Waals surface area contributed by atoms with Crippen LogP contribution in [0, 0.1) is 17.8 Å². The highest BCUT2D eigenvalue weighted by molar-refractivity contribution is 7.89. The number of rotatable bonds is 6. The maximum Gasteiger partial charge on any atom is 0.247 e. The lowest BCUT2D eigenvalue weighted by molar-refractivity contribution is 0.0905. The normalized spacial score (nSPS) is 22.4. The van der Waals surface area contributed by atoms with Gasteiger partial charge in [0.2, 0.25) is 20.0 Å². The zero-order chi connectivity index (χ0) is 23.4. The summed E-state index contributed by atoms with van der Waals surface area (Å²) in [5, 5.41) is 9.66. The van der Waals surface area contributed by atoms with Crippen molar-refractivity contribution in [3.05, 3.63) is 23.8 Å². The zero-order valence-electron chi connectivity index (χ0n) is 18.7. The minimum absolute atomic E-state index is 0.0206. The summed E-state index contributed by atoms with van der Waals surface area (Å²) in [5.74, 6) is 5.84. The fourth-order valence-corrected chi connectivity index (χ4v) is 5.44. The van der Waals surface area contributed by atoms with Gasteiger partial charge >= 0.3 is 0 Å². The van der Waals surface area contributed by atoms with Crippen molar-refractivity contribution in [2.24, 2.45) is 5.92 Å². The molecule has 0 aliphatic carbocycles. The van der Waals surface area contributed by atoms with E-state index in [2.05, 4.69) is 11.8 Å². The molecule has 0 amide bonds. The van der Waals surface area contributed by atoms with Crippen molar-refractivity contribution in [1.82, 2.24) is 8.61 Å². The van der Waals surface area contributed by atoms with Gasteiger partial charge in [0.25, 0.3) is 0 Å². The summed E-state index contributed by atoms with van der Waals surface area (Å²) in [6.07, 6.45) is 2.15. The molecule has 0 fully saturated rings. The van der Waals surface area contributed by atoms with E-state index in [9.17, 15) is 21.9 Å². The first-order chi connectivity index (χ1) is 14.4. The van der Waals surface area contributed by atoms with Gasteiger partial charge in [-0.1, -0.05) is 25.7 Å². The molecule has 31 heavy (non-hydrogen) atoms. The van der Waals surface area contributed by atoms with Crippen LogP contribution in [0.2, 0.25) is 0 Å². The Balaban J connectivity index is 2.59. The van der Waals surface area contributed by atoms with Gasteiger partial charge in [-0.25, -0.2) is 21.1 Å². The molecule has 0 aromatic heterocycles. The first-order valence-corrected chi connectivity index (χ1v) is 13.5. The molecule has 1 aliphatic rings. The monoisotopic (exact) mass is 472 g/mol. The first-order valence-electron chi connectivity index (χ1n) is 10.2. The van der Waals surface area contributed by atoms with Crippen LogP contribution >= 0.6 is 0 Å². The molecule has 0 bridgehead atoms. The van der Waals surface area contributed by atoms with E-state index in [0.717, 1.165) is 19.1 Å². The number of hydrogen-bond acceptors (Lipinski definition) is 6. The predicted octanol–water partition coefficient (Wildman–Crippen LogP) is 1.50. The maximum absolute atomic E-state index is 13.4. The number of unbranched alkanes of at least 4 members (excludes halogenated alkanes) is 1. The van der Waals surface area contributed by atoms with Crippen molar-refractivity contribution >= 4 is 20.0 Å². The van der Waals surface area contributed by atoms with Gasteiger partial charge in [-0.05, 0) is 31.5 Å². The molecular weight excluding hydrogens is 440 g/mol. The number of hydrogen-bond donors (Lipinski definition) is 1. The summed E-state index contributed by atoms with van der Waals surface area (Å²) in [6, 6.07) is 4.04. The van der Waals surface area contributed by atoms with Gasteiger partial charge in [0.15, 0.2) is 0 Å². The highest BCUT2D eigenvalue weighted by atomic mass is 32.2. The van der Waals surface area contributed by atoms with E-state index in [-0.39, 0.29) is 36.3 Å². The van der Waals surface area contributed by atoms with E-state index in [0.29, 0.717) is 5.56 Å². The Morgan fingerprint density at radius 2 is 2.06 bits per heavy atom. The second kappa shape index (κ2) is 10.3. The van der Waals surface area contributed by atoms with Gasteiger partial charge in [-0.3, -0.25) is 0 Å². The molecule has 1 aromatic carbocycles. The number of fused-ring (bicyclic) bond motifs is 1. The minimum Gasteiger partial charge on any atom is -0.487 e. The molecule has 0 spiro atoms. The maximum atomic E-state index is 13.4. The van der Waals surface area contributed by atoms with Crippen LogP contribution in [0.15, 0.2) is 23.1 Å². The van der Waals surface area contributed by atoms with Gasteiger partial charge in [0.05, 0.1) is 19.4 Å². The summed E-state index contributed by atoms with van der Waals surface area (Å²) < 4.78 is 59.2. The zero-order valence-corrected chi connectivity index (χ0v) is 20.3. The number of aliphatic hydroxyl groups is 1. The average molecular weight is 473 g/mol. The van der Waals surface area contributed by atoms with Crippen LogP contribution in [0.5, 0.6) is 5.75 Å². The van der Waals surface area contributed by atoms with Crippen LogP contribution < -0.4 is 4.74 Å². The number of benzene rings is 1. The Morgan fingerprint density at radius 3 is 2.65 bits per heavy atom. The van der Waals surface area contributed by atoms with Crippen LogP contribution in [0.3, 0.4) is 0 Å². The Kier molecular flexibility index (Phi) is 8.53. The van der Waals surface area contributed by atoms with Crippen LogP contribution in [-0.4, -0.2) is 75.7 Å². The molecule has 10 heteroatoms. The van der Waals surface area contributed by atoms with Gasteiger partial charge in [0, 0.05) is 37.5 Å².